The number of sulfonamides is 1. The van der Waals surface area contributed by atoms with Gasteiger partial charge in [0.05, 0.1) is 49.0 Å². The summed E-state index contributed by atoms with van der Waals surface area (Å²) in [5.74, 6) is 0.0452. The minimum absolute atomic E-state index is 0.0188. The van der Waals surface area contributed by atoms with Crippen molar-refractivity contribution in [2.24, 2.45) is 0 Å². The number of nitrogens with one attached hydrogen (secondary N) is 3. The molecule has 1 saturated carbocycles. The van der Waals surface area contributed by atoms with Gasteiger partial charge in [0, 0.05) is 36.6 Å². The number of hydrogen-bond acceptors (Lipinski definition) is 8. The third kappa shape index (κ3) is 8.38. The summed E-state index contributed by atoms with van der Waals surface area (Å²) in [5, 5.41) is 9.15. The van der Waals surface area contributed by atoms with E-state index in [1.807, 2.05) is 11.8 Å². The van der Waals surface area contributed by atoms with Crippen LogP contribution in [-0.2, 0) is 24.3 Å². The largest absolute Gasteiger partial charge is 0.378 e. The molecule has 14 heteroatoms. The zero-order valence-electron chi connectivity index (χ0n) is 22.3. The molecular weight excluding hydrogens is 563 g/mol. The Balaban J connectivity index is 1.02. The van der Waals surface area contributed by atoms with Crippen molar-refractivity contribution in [1.82, 2.24) is 20.3 Å². The van der Waals surface area contributed by atoms with Crippen molar-refractivity contribution in [2.45, 2.75) is 66.8 Å². The second kappa shape index (κ2) is 14.6. The second-order valence-electron chi connectivity index (χ2n) is 10.1. The smallest absolute Gasteiger partial charge is 0.315 e. The first-order valence-corrected chi connectivity index (χ1v) is 16.2. The number of carbonyl (C=O) groups excluding carboxylic acids is 3. The molecule has 3 N–H and O–H groups in total. The average Bonchev–Trinajstić information content (AvgIpc) is 3.59. The molecule has 3 aliphatic rings. The molecule has 0 spiro atoms. The topological polar surface area (TPSA) is 143 Å². The second-order valence-corrected chi connectivity index (χ2v) is 13.3. The number of ether oxygens (including phenoxy) is 2. The SMILES string of the molecule is O=Cc1ccc(S(=O)(=O)N(CCOCCOCCNC(=O)CCCC[C@@H]2SC[C@@H]3NC(=O)N[C@@H]32)C2CC2)cc1F. The lowest BCUT2D eigenvalue weighted by molar-refractivity contribution is -0.121. The minimum atomic E-state index is -3.91. The highest BCUT2D eigenvalue weighted by Crippen LogP contribution is 2.33. The predicted octanol–water partition coefficient (Wildman–Crippen LogP) is 1.67. The van der Waals surface area contributed by atoms with E-state index in [2.05, 4.69) is 16.0 Å². The number of rotatable bonds is 18. The van der Waals surface area contributed by atoms with Gasteiger partial charge in [0.2, 0.25) is 15.9 Å². The average molecular weight is 601 g/mol. The maximum absolute atomic E-state index is 14.0. The zero-order chi connectivity index (χ0) is 28.5. The minimum Gasteiger partial charge on any atom is -0.378 e. The number of unbranched alkanes of at least 4 members (excludes halogenated alkanes) is 1. The molecule has 0 unspecified atom stereocenters. The van der Waals surface area contributed by atoms with E-state index in [-0.39, 0.29) is 60.3 Å². The van der Waals surface area contributed by atoms with Crippen molar-refractivity contribution in [3.63, 3.8) is 0 Å². The molecule has 3 amide bonds. The van der Waals surface area contributed by atoms with Crippen LogP contribution in [0.1, 0.15) is 48.9 Å². The quantitative estimate of drug-likeness (QED) is 0.131. The number of thioether (sulfide) groups is 1. The Bertz CT molecular complexity index is 1150. The molecule has 3 atom stereocenters. The number of fused-ring (bicyclic) bond motifs is 1. The Kier molecular flexibility index (Phi) is 11.2. The lowest BCUT2D eigenvalue weighted by Gasteiger charge is -2.22. The molecule has 0 bridgehead atoms. The van der Waals surface area contributed by atoms with Crippen LogP contribution < -0.4 is 16.0 Å². The van der Waals surface area contributed by atoms with E-state index >= 15 is 0 Å². The first-order valence-electron chi connectivity index (χ1n) is 13.7. The van der Waals surface area contributed by atoms with Gasteiger partial charge in [-0.25, -0.2) is 17.6 Å². The number of carbonyl (C=O) groups is 3. The number of amides is 3. The molecule has 0 aromatic heterocycles. The van der Waals surface area contributed by atoms with Crippen LogP contribution in [0.3, 0.4) is 0 Å². The third-order valence-corrected chi connectivity index (χ3v) is 10.6. The number of hydrogen-bond donors (Lipinski definition) is 3. The van der Waals surface area contributed by atoms with Crippen LogP contribution in [0.4, 0.5) is 9.18 Å². The van der Waals surface area contributed by atoms with E-state index in [1.54, 1.807) is 0 Å². The van der Waals surface area contributed by atoms with E-state index in [0.29, 0.717) is 37.7 Å². The van der Waals surface area contributed by atoms with Crippen molar-refractivity contribution >= 4 is 40.0 Å². The van der Waals surface area contributed by atoms with Crippen molar-refractivity contribution in [3.8, 4) is 0 Å². The molecule has 2 saturated heterocycles. The molecule has 0 radical (unpaired) electrons. The Morgan fingerprint density at radius 2 is 1.93 bits per heavy atom. The van der Waals surface area contributed by atoms with Gasteiger partial charge in [-0.15, -0.1) is 0 Å². The summed E-state index contributed by atoms with van der Waals surface area (Å²) in [4.78, 5) is 34.1. The van der Waals surface area contributed by atoms with Crippen molar-refractivity contribution in [2.75, 3.05) is 45.3 Å². The Hall–Kier alpha value is -2.26. The highest BCUT2D eigenvalue weighted by molar-refractivity contribution is 8.00. The fourth-order valence-corrected chi connectivity index (χ4v) is 8.09. The number of urea groups is 1. The molecule has 40 heavy (non-hydrogen) atoms. The first kappa shape index (κ1) is 30.7. The van der Waals surface area contributed by atoms with Crippen molar-refractivity contribution in [1.29, 1.82) is 0 Å². The molecule has 3 fully saturated rings. The monoisotopic (exact) mass is 600 g/mol. The van der Waals surface area contributed by atoms with Crippen LogP contribution in [0, 0.1) is 5.82 Å². The maximum atomic E-state index is 14.0. The summed E-state index contributed by atoms with van der Waals surface area (Å²) in [6, 6.07) is 3.47. The van der Waals surface area contributed by atoms with Gasteiger partial charge in [0.1, 0.15) is 5.82 Å². The maximum Gasteiger partial charge on any atom is 0.315 e. The normalized spacial score (nSPS) is 22.1. The van der Waals surface area contributed by atoms with E-state index in [0.717, 1.165) is 50.0 Å². The van der Waals surface area contributed by atoms with Crippen LogP contribution in [0.25, 0.3) is 0 Å². The van der Waals surface area contributed by atoms with Crippen molar-refractivity contribution in [3.05, 3.63) is 29.6 Å². The summed E-state index contributed by atoms with van der Waals surface area (Å²) in [5.41, 5.74) is -0.188. The van der Waals surface area contributed by atoms with Crippen LogP contribution in [0.5, 0.6) is 0 Å². The van der Waals surface area contributed by atoms with Gasteiger partial charge in [-0.2, -0.15) is 16.1 Å². The Labute approximate surface area is 238 Å². The predicted molar refractivity (Wildman–Crippen MR) is 147 cm³/mol. The molecular formula is C26H37FN4O7S2. The van der Waals surface area contributed by atoms with Crippen LogP contribution >= 0.6 is 11.8 Å². The number of halogens is 1. The molecule has 11 nitrogen and oxygen atoms in total. The summed E-state index contributed by atoms with van der Waals surface area (Å²) in [6.07, 6.45) is 4.97. The van der Waals surface area contributed by atoms with E-state index in [9.17, 15) is 27.2 Å². The molecule has 1 aliphatic carbocycles. The fraction of sp³-hybridized carbons (Fsp3) is 0.654. The molecule has 2 aliphatic heterocycles. The standard InChI is InChI=1S/C26H37FN4O7S2/c27-21-15-20(8-5-18(21)16-32)40(35,36)31(19-6-7-19)10-12-38-14-13-37-11-9-28-24(33)4-2-1-3-23-25-22(17-39-23)29-26(34)30-25/h5,8,15-16,19,22-23,25H,1-4,6-7,9-14,17H2,(H,28,33)(H2,29,30,34)/t22-,23-,25-/m0/s1. The molecule has 1 aromatic rings. The van der Waals surface area contributed by atoms with Crippen molar-refractivity contribution < 1.29 is 36.7 Å². The Morgan fingerprint density at radius 1 is 1.15 bits per heavy atom. The number of aldehydes is 1. The fourth-order valence-electron chi connectivity index (χ4n) is 4.86. The highest BCUT2D eigenvalue weighted by atomic mass is 32.2. The Morgan fingerprint density at radius 3 is 2.65 bits per heavy atom. The van der Waals surface area contributed by atoms with E-state index in [1.165, 1.54) is 10.4 Å². The summed E-state index contributed by atoms with van der Waals surface area (Å²) in [7, 11) is -3.91. The molecule has 2 heterocycles. The number of benzene rings is 1. The van der Waals surface area contributed by atoms with Gasteiger partial charge in [-0.3, -0.25) is 9.59 Å². The lowest BCUT2D eigenvalue weighted by atomic mass is 10.0. The van der Waals surface area contributed by atoms with E-state index in [4.69, 9.17) is 9.47 Å². The summed E-state index contributed by atoms with van der Waals surface area (Å²) < 4.78 is 52.3. The number of nitrogens with zero attached hydrogens (tertiary/aromatic N) is 1. The van der Waals surface area contributed by atoms with Crippen LogP contribution in [0.2, 0.25) is 0 Å². The molecule has 1 aromatic carbocycles. The van der Waals surface area contributed by atoms with Crippen LogP contribution in [-0.4, -0.2) is 99.6 Å². The van der Waals surface area contributed by atoms with Gasteiger partial charge in [0.25, 0.3) is 0 Å². The first-order chi connectivity index (χ1) is 19.3. The summed E-state index contributed by atoms with van der Waals surface area (Å²) in [6.45, 7) is 1.60. The van der Waals surface area contributed by atoms with E-state index < -0.39 is 15.8 Å². The van der Waals surface area contributed by atoms with Gasteiger partial charge in [-0.1, -0.05) is 6.42 Å². The van der Waals surface area contributed by atoms with Crippen LogP contribution in [0.15, 0.2) is 23.1 Å². The third-order valence-electron chi connectivity index (χ3n) is 7.14. The zero-order valence-corrected chi connectivity index (χ0v) is 23.9. The molecule has 4 rings (SSSR count). The van der Waals surface area contributed by atoms with Gasteiger partial charge in [0.15, 0.2) is 6.29 Å². The molecule has 222 valence electrons. The van der Waals surface area contributed by atoms with Gasteiger partial charge >= 0.3 is 6.03 Å². The summed E-state index contributed by atoms with van der Waals surface area (Å²) >= 11 is 1.87. The van der Waals surface area contributed by atoms with Gasteiger partial charge < -0.3 is 25.4 Å². The van der Waals surface area contributed by atoms with Gasteiger partial charge in [-0.05, 0) is 43.9 Å². The highest BCUT2D eigenvalue weighted by Gasteiger charge is 2.42. The lowest BCUT2D eigenvalue weighted by Crippen LogP contribution is -2.36.